The van der Waals surface area contributed by atoms with Crippen LogP contribution >= 0.6 is 0 Å². The zero-order valence-electron chi connectivity index (χ0n) is 9.58. The molecule has 3 rings (SSSR count). The van der Waals surface area contributed by atoms with Gasteiger partial charge < -0.3 is 10.1 Å². The van der Waals surface area contributed by atoms with Crippen molar-refractivity contribution in [1.29, 1.82) is 0 Å². The van der Waals surface area contributed by atoms with Gasteiger partial charge in [-0.3, -0.25) is 0 Å². The van der Waals surface area contributed by atoms with E-state index in [1.165, 1.54) is 45.1 Å². The zero-order chi connectivity index (χ0) is 10.1. The van der Waals surface area contributed by atoms with Gasteiger partial charge in [0.05, 0.1) is 0 Å². The van der Waals surface area contributed by atoms with Crippen molar-refractivity contribution in [3.05, 3.63) is 0 Å². The summed E-state index contributed by atoms with van der Waals surface area (Å²) in [6, 6.07) is 0.749. The van der Waals surface area contributed by atoms with E-state index >= 15 is 0 Å². The van der Waals surface area contributed by atoms with E-state index in [1.807, 2.05) is 0 Å². The molecule has 1 N–H and O–H groups in total. The first kappa shape index (κ1) is 10.1. The standard InChI is InChI=1S/C13H23NO/c1-2-10(1)13(11-3-4-11)9-14-12-5-7-15-8-6-12/h10-14H,1-9H2. The van der Waals surface area contributed by atoms with Crippen LogP contribution in [0.2, 0.25) is 0 Å². The molecule has 1 heterocycles. The fraction of sp³-hybridized carbons (Fsp3) is 1.00. The summed E-state index contributed by atoms with van der Waals surface area (Å²) in [7, 11) is 0. The molecule has 3 fully saturated rings. The van der Waals surface area contributed by atoms with E-state index in [0.717, 1.165) is 37.0 Å². The molecule has 0 radical (unpaired) electrons. The van der Waals surface area contributed by atoms with E-state index < -0.39 is 0 Å². The summed E-state index contributed by atoms with van der Waals surface area (Å²) in [5.41, 5.74) is 0. The minimum absolute atomic E-state index is 0.749. The Hall–Kier alpha value is -0.0800. The predicted octanol–water partition coefficient (Wildman–Crippen LogP) is 2.19. The van der Waals surface area contributed by atoms with Crippen molar-refractivity contribution in [2.75, 3.05) is 19.8 Å². The van der Waals surface area contributed by atoms with Gasteiger partial charge in [-0.15, -0.1) is 0 Å². The van der Waals surface area contributed by atoms with Gasteiger partial charge in [-0.1, -0.05) is 0 Å². The summed E-state index contributed by atoms with van der Waals surface area (Å²) in [5.74, 6) is 3.20. The molecule has 2 saturated carbocycles. The highest BCUT2D eigenvalue weighted by atomic mass is 16.5. The van der Waals surface area contributed by atoms with Crippen LogP contribution in [0.25, 0.3) is 0 Å². The predicted molar refractivity (Wildman–Crippen MR) is 60.8 cm³/mol. The average Bonchev–Trinajstić information content (AvgIpc) is 3.14. The lowest BCUT2D eigenvalue weighted by atomic mass is 9.97. The first-order valence-corrected chi connectivity index (χ1v) is 6.74. The minimum Gasteiger partial charge on any atom is -0.381 e. The van der Waals surface area contributed by atoms with Crippen LogP contribution in [0.5, 0.6) is 0 Å². The lowest BCUT2D eigenvalue weighted by Gasteiger charge is -2.26. The summed E-state index contributed by atoms with van der Waals surface area (Å²) in [4.78, 5) is 0. The fourth-order valence-corrected chi connectivity index (χ4v) is 2.97. The van der Waals surface area contributed by atoms with E-state index in [1.54, 1.807) is 0 Å². The van der Waals surface area contributed by atoms with Crippen LogP contribution in [-0.4, -0.2) is 25.8 Å². The van der Waals surface area contributed by atoms with Crippen molar-refractivity contribution < 1.29 is 4.74 Å². The number of hydrogen-bond acceptors (Lipinski definition) is 2. The minimum atomic E-state index is 0.749. The Kier molecular flexibility index (Phi) is 2.98. The second kappa shape index (κ2) is 4.42. The largest absolute Gasteiger partial charge is 0.381 e. The molecule has 2 heteroatoms. The van der Waals surface area contributed by atoms with Gasteiger partial charge in [0, 0.05) is 19.3 Å². The van der Waals surface area contributed by atoms with E-state index in [0.29, 0.717) is 0 Å². The van der Waals surface area contributed by atoms with Crippen LogP contribution in [0.4, 0.5) is 0 Å². The third-order valence-electron chi connectivity index (χ3n) is 4.32. The van der Waals surface area contributed by atoms with E-state index in [9.17, 15) is 0 Å². The average molecular weight is 209 g/mol. The lowest BCUT2D eigenvalue weighted by molar-refractivity contribution is 0.0763. The molecular formula is C13H23NO. The Labute approximate surface area is 92.8 Å². The molecule has 3 aliphatic rings. The molecule has 2 nitrogen and oxygen atoms in total. The first-order valence-electron chi connectivity index (χ1n) is 6.74. The van der Waals surface area contributed by atoms with Gasteiger partial charge >= 0.3 is 0 Å². The maximum Gasteiger partial charge on any atom is 0.0480 e. The van der Waals surface area contributed by atoms with Crippen LogP contribution < -0.4 is 5.32 Å². The molecule has 15 heavy (non-hydrogen) atoms. The summed E-state index contributed by atoms with van der Waals surface area (Å²) in [5, 5.41) is 3.78. The third-order valence-corrected chi connectivity index (χ3v) is 4.32. The molecule has 0 amide bonds. The Morgan fingerprint density at radius 2 is 1.53 bits per heavy atom. The van der Waals surface area contributed by atoms with Crippen molar-refractivity contribution in [3.63, 3.8) is 0 Å². The lowest BCUT2D eigenvalue weighted by Crippen LogP contribution is -2.38. The van der Waals surface area contributed by atoms with Gasteiger partial charge in [-0.05, 0) is 62.8 Å². The molecule has 86 valence electrons. The Balaban J connectivity index is 1.42. The highest BCUT2D eigenvalue weighted by Gasteiger charge is 2.41. The summed E-state index contributed by atoms with van der Waals surface area (Å²) >= 11 is 0. The van der Waals surface area contributed by atoms with Gasteiger partial charge in [0.25, 0.3) is 0 Å². The molecule has 1 aliphatic heterocycles. The van der Waals surface area contributed by atoms with Crippen molar-refractivity contribution in [2.24, 2.45) is 17.8 Å². The quantitative estimate of drug-likeness (QED) is 0.749. The normalized spacial score (nSPS) is 28.6. The maximum atomic E-state index is 5.39. The van der Waals surface area contributed by atoms with Crippen molar-refractivity contribution in [1.82, 2.24) is 5.32 Å². The molecule has 0 bridgehead atoms. The fourth-order valence-electron chi connectivity index (χ4n) is 2.97. The zero-order valence-corrected chi connectivity index (χ0v) is 9.58. The topological polar surface area (TPSA) is 21.3 Å². The van der Waals surface area contributed by atoms with E-state index in [4.69, 9.17) is 4.74 Å². The highest BCUT2D eigenvalue weighted by molar-refractivity contribution is 4.93. The molecule has 0 aromatic carbocycles. The van der Waals surface area contributed by atoms with Crippen molar-refractivity contribution in [2.45, 2.75) is 44.6 Å². The highest BCUT2D eigenvalue weighted by Crippen LogP contribution is 2.48. The molecular weight excluding hydrogens is 186 g/mol. The first-order chi connectivity index (χ1) is 7.43. The van der Waals surface area contributed by atoms with Crippen LogP contribution in [0.3, 0.4) is 0 Å². The van der Waals surface area contributed by atoms with Crippen molar-refractivity contribution >= 4 is 0 Å². The molecule has 0 aromatic rings. The smallest absolute Gasteiger partial charge is 0.0480 e. The Morgan fingerprint density at radius 1 is 0.933 bits per heavy atom. The van der Waals surface area contributed by atoms with Crippen LogP contribution in [-0.2, 0) is 4.74 Å². The monoisotopic (exact) mass is 209 g/mol. The molecule has 0 spiro atoms. The SMILES string of the molecule is C1CC(NCC(C2CC2)C2CC2)CCO1. The van der Waals surface area contributed by atoms with Crippen molar-refractivity contribution in [3.8, 4) is 0 Å². The molecule has 0 unspecified atom stereocenters. The van der Waals surface area contributed by atoms with Gasteiger partial charge in [0.15, 0.2) is 0 Å². The van der Waals surface area contributed by atoms with Gasteiger partial charge in [0.1, 0.15) is 0 Å². The molecule has 0 atom stereocenters. The number of rotatable bonds is 5. The summed E-state index contributed by atoms with van der Waals surface area (Å²) < 4.78 is 5.39. The van der Waals surface area contributed by atoms with Crippen LogP contribution in [0.15, 0.2) is 0 Å². The molecule has 0 aromatic heterocycles. The number of ether oxygens (including phenoxy) is 1. The second-order valence-corrected chi connectivity index (χ2v) is 5.63. The van der Waals surface area contributed by atoms with Gasteiger partial charge in [0.2, 0.25) is 0 Å². The van der Waals surface area contributed by atoms with Gasteiger partial charge in [-0.2, -0.15) is 0 Å². The number of nitrogens with one attached hydrogen (secondary N) is 1. The maximum absolute atomic E-state index is 5.39. The van der Waals surface area contributed by atoms with E-state index in [2.05, 4.69) is 5.32 Å². The molecule has 2 aliphatic carbocycles. The Bertz CT molecular complexity index is 193. The second-order valence-electron chi connectivity index (χ2n) is 5.63. The number of hydrogen-bond donors (Lipinski definition) is 1. The van der Waals surface area contributed by atoms with E-state index in [-0.39, 0.29) is 0 Å². The van der Waals surface area contributed by atoms with Crippen LogP contribution in [0, 0.1) is 17.8 Å². The van der Waals surface area contributed by atoms with Gasteiger partial charge in [-0.25, -0.2) is 0 Å². The molecule has 1 saturated heterocycles. The Morgan fingerprint density at radius 3 is 2.07 bits per heavy atom. The third kappa shape index (κ3) is 2.73. The van der Waals surface area contributed by atoms with Crippen LogP contribution in [0.1, 0.15) is 38.5 Å². The summed E-state index contributed by atoms with van der Waals surface area (Å²) in [6.07, 6.45) is 8.49. The summed E-state index contributed by atoms with van der Waals surface area (Å²) in [6.45, 7) is 3.23.